The minimum Gasteiger partial charge on any atom is -0.168 e. The lowest BCUT2D eigenvalue weighted by molar-refractivity contribution is 0.252. The molecule has 0 unspecified atom stereocenters. The molecule has 0 amide bonds. The van der Waals surface area contributed by atoms with Crippen LogP contribution in [-0.2, 0) is 11.6 Å². The molecule has 0 heterocycles. The second-order valence-corrected chi connectivity index (χ2v) is 5.95. The first kappa shape index (κ1) is 16.8. The van der Waals surface area contributed by atoms with Crippen molar-refractivity contribution in [1.82, 2.24) is 0 Å². The van der Waals surface area contributed by atoms with Gasteiger partial charge in [-0.2, -0.15) is 8.42 Å². The summed E-state index contributed by atoms with van der Waals surface area (Å²) in [6.07, 6.45) is 3.70. The summed E-state index contributed by atoms with van der Waals surface area (Å²) >= 11 is -0.750. The molecule has 1 aliphatic rings. The average molecular weight is 292 g/mol. The molecule has 0 fully saturated rings. The van der Waals surface area contributed by atoms with Crippen molar-refractivity contribution < 1.29 is 8.42 Å². The number of benzene rings is 1. The Kier molecular flexibility index (Phi) is 6.86. The van der Waals surface area contributed by atoms with Crippen LogP contribution >= 0.6 is 0 Å². The fourth-order valence-corrected chi connectivity index (χ4v) is 2.98. The van der Waals surface area contributed by atoms with Crippen molar-refractivity contribution in [2.24, 2.45) is 23.7 Å². The summed E-state index contributed by atoms with van der Waals surface area (Å²) in [6.45, 7) is 9.60. The standard InChI is InChI=1S/C17H24.O2S/c1-12-10-11-17(15(4)14(3)13(12)2)16-8-6-5-7-9-16;1-3-2/h5-9,11-15H,10H2,1-4H3;/t12-,13+,14+,15+;/m1./s1. The van der Waals surface area contributed by atoms with Crippen LogP contribution in [0.3, 0.4) is 0 Å². The van der Waals surface area contributed by atoms with E-state index in [0.29, 0.717) is 5.92 Å². The van der Waals surface area contributed by atoms with Gasteiger partial charge in [-0.3, -0.25) is 0 Å². The molecule has 0 saturated heterocycles. The van der Waals surface area contributed by atoms with Gasteiger partial charge in [-0.05, 0) is 41.2 Å². The van der Waals surface area contributed by atoms with Crippen molar-refractivity contribution in [3.8, 4) is 0 Å². The second kappa shape index (κ2) is 8.15. The minimum absolute atomic E-state index is 0.664. The third-order valence-electron chi connectivity index (χ3n) is 4.82. The van der Waals surface area contributed by atoms with Crippen molar-refractivity contribution in [2.45, 2.75) is 34.1 Å². The molecule has 0 bridgehead atoms. The third-order valence-corrected chi connectivity index (χ3v) is 4.82. The maximum absolute atomic E-state index is 8.29. The lowest BCUT2D eigenvalue weighted by Crippen LogP contribution is -2.20. The zero-order valence-electron chi connectivity index (χ0n) is 12.7. The SMILES string of the molecule is C[C@@H]1[C@H](C)[C@H](C)C(c2ccccc2)=CC[C@H]1C.O=S=O. The quantitative estimate of drug-likeness (QED) is 0.771. The van der Waals surface area contributed by atoms with E-state index in [4.69, 9.17) is 8.42 Å². The first-order chi connectivity index (χ1) is 9.52. The van der Waals surface area contributed by atoms with Crippen LogP contribution in [0.1, 0.15) is 39.7 Å². The van der Waals surface area contributed by atoms with Gasteiger partial charge in [0.25, 0.3) is 0 Å². The monoisotopic (exact) mass is 292 g/mol. The van der Waals surface area contributed by atoms with E-state index in [1.807, 2.05) is 0 Å². The van der Waals surface area contributed by atoms with Crippen LogP contribution in [0.4, 0.5) is 0 Å². The van der Waals surface area contributed by atoms with E-state index in [9.17, 15) is 0 Å². The molecule has 0 aromatic heterocycles. The molecule has 3 heteroatoms. The van der Waals surface area contributed by atoms with E-state index in [1.54, 1.807) is 5.57 Å². The highest BCUT2D eigenvalue weighted by atomic mass is 32.1. The third kappa shape index (κ3) is 4.14. The first-order valence-electron chi connectivity index (χ1n) is 7.20. The summed E-state index contributed by atoms with van der Waals surface area (Å²) in [7, 11) is 0. The Bertz CT molecular complexity index is 475. The van der Waals surface area contributed by atoms with E-state index < -0.39 is 11.6 Å². The van der Waals surface area contributed by atoms with Crippen LogP contribution in [0, 0.1) is 23.7 Å². The zero-order valence-corrected chi connectivity index (χ0v) is 13.5. The number of hydrogen-bond acceptors (Lipinski definition) is 2. The van der Waals surface area contributed by atoms with E-state index >= 15 is 0 Å². The molecule has 4 atom stereocenters. The van der Waals surface area contributed by atoms with Gasteiger partial charge in [0.1, 0.15) is 0 Å². The summed E-state index contributed by atoms with van der Waals surface area (Å²) in [5, 5.41) is 0. The molecule has 1 aromatic rings. The Morgan fingerprint density at radius 2 is 1.50 bits per heavy atom. The van der Waals surface area contributed by atoms with Gasteiger partial charge in [0.2, 0.25) is 0 Å². The number of rotatable bonds is 1. The van der Waals surface area contributed by atoms with Crippen molar-refractivity contribution in [3.05, 3.63) is 42.0 Å². The molecule has 0 N–H and O–H groups in total. The topological polar surface area (TPSA) is 34.1 Å². The highest BCUT2D eigenvalue weighted by Gasteiger charge is 2.28. The smallest absolute Gasteiger partial charge is 0.168 e. The van der Waals surface area contributed by atoms with Gasteiger partial charge >= 0.3 is 11.6 Å². The van der Waals surface area contributed by atoms with Crippen molar-refractivity contribution in [1.29, 1.82) is 0 Å². The summed E-state index contributed by atoms with van der Waals surface area (Å²) in [5.41, 5.74) is 2.96. The zero-order chi connectivity index (χ0) is 15.1. The predicted octanol–water partition coefficient (Wildman–Crippen LogP) is 4.35. The number of allylic oxidation sites excluding steroid dienone is 2. The van der Waals surface area contributed by atoms with Gasteiger partial charge in [0, 0.05) is 0 Å². The average Bonchev–Trinajstić information content (AvgIpc) is 2.55. The lowest BCUT2D eigenvalue weighted by Gasteiger charge is -2.28. The van der Waals surface area contributed by atoms with Gasteiger partial charge in [-0.15, -0.1) is 0 Å². The summed E-state index contributed by atoms with van der Waals surface area (Å²) in [4.78, 5) is 0. The lowest BCUT2D eigenvalue weighted by atomic mass is 9.77. The Balaban J connectivity index is 0.000000612. The molecular weight excluding hydrogens is 268 g/mol. The summed E-state index contributed by atoms with van der Waals surface area (Å²) in [6, 6.07) is 10.9. The molecule has 0 saturated carbocycles. The fourth-order valence-electron chi connectivity index (χ4n) is 2.98. The Labute approximate surface area is 125 Å². The minimum atomic E-state index is -0.750. The molecule has 2 nitrogen and oxygen atoms in total. The van der Waals surface area contributed by atoms with E-state index in [2.05, 4.69) is 64.1 Å². The molecule has 1 aromatic carbocycles. The Hall–Kier alpha value is -1.22. The van der Waals surface area contributed by atoms with Crippen LogP contribution < -0.4 is 0 Å². The van der Waals surface area contributed by atoms with Crippen molar-refractivity contribution in [3.63, 3.8) is 0 Å². The molecule has 20 heavy (non-hydrogen) atoms. The van der Waals surface area contributed by atoms with Crippen LogP contribution in [-0.4, -0.2) is 8.42 Å². The molecule has 2 rings (SSSR count). The van der Waals surface area contributed by atoms with Crippen LogP contribution in [0.5, 0.6) is 0 Å². The van der Waals surface area contributed by atoms with E-state index in [1.165, 1.54) is 12.0 Å². The Morgan fingerprint density at radius 3 is 2.05 bits per heavy atom. The van der Waals surface area contributed by atoms with Gasteiger partial charge in [-0.1, -0.05) is 64.1 Å². The van der Waals surface area contributed by atoms with Crippen molar-refractivity contribution >= 4 is 17.1 Å². The molecule has 0 radical (unpaired) electrons. The van der Waals surface area contributed by atoms with Gasteiger partial charge in [0.05, 0.1) is 0 Å². The summed E-state index contributed by atoms with van der Waals surface area (Å²) < 4.78 is 16.6. The van der Waals surface area contributed by atoms with Gasteiger partial charge < -0.3 is 0 Å². The molecule has 0 spiro atoms. The second-order valence-electron chi connectivity index (χ2n) is 5.81. The van der Waals surface area contributed by atoms with Crippen LogP contribution in [0.2, 0.25) is 0 Å². The summed E-state index contributed by atoms with van der Waals surface area (Å²) in [5.74, 6) is 3.03. The molecule has 1 aliphatic carbocycles. The van der Waals surface area contributed by atoms with E-state index in [-0.39, 0.29) is 0 Å². The van der Waals surface area contributed by atoms with Gasteiger partial charge in [0.15, 0.2) is 0 Å². The normalized spacial score (nSPS) is 29.5. The van der Waals surface area contributed by atoms with Crippen LogP contribution in [0.15, 0.2) is 36.4 Å². The fraction of sp³-hybridized carbons (Fsp3) is 0.529. The number of hydrogen-bond donors (Lipinski definition) is 0. The molecule has 110 valence electrons. The van der Waals surface area contributed by atoms with E-state index in [0.717, 1.165) is 17.8 Å². The van der Waals surface area contributed by atoms with Gasteiger partial charge in [-0.25, -0.2) is 0 Å². The predicted molar refractivity (Wildman–Crippen MR) is 84.6 cm³/mol. The highest BCUT2D eigenvalue weighted by molar-refractivity contribution is 7.51. The maximum atomic E-state index is 8.29. The largest absolute Gasteiger partial charge is 0.335 e. The van der Waals surface area contributed by atoms with Crippen LogP contribution in [0.25, 0.3) is 5.57 Å². The molecule has 0 aliphatic heterocycles. The molecular formula is C17H24O2S. The Morgan fingerprint density at radius 1 is 0.950 bits per heavy atom. The van der Waals surface area contributed by atoms with Crippen molar-refractivity contribution in [2.75, 3.05) is 0 Å². The maximum Gasteiger partial charge on any atom is 0.335 e. The first-order valence-corrected chi connectivity index (χ1v) is 7.86. The highest BCUT2D eigenvalue weighted by Crippen LogP contribution is 2.40.